The van der Waals surface area contributed by atoms with Gasteiger partial charge in [-0.15, -0.1) is 0 Å². The minimum absolute atomic E-state index is 0.0117. The highest BCUT2D eigenvalue weighted by Crippen LogP contribution is 2.25. The fourth-order valence-electron chi connectivity index (χ4n) is 1.72. The lowest BCUT2D eigenvalue weighted by Gasteiger charge is -2.11. The lowest BCUT2D eigenvalue weighted by atomic mass is 10.3. The number of nitro groups is 1. The number of anilines is 1. The van der Waals surface area contributed by atoms with E-state index in [1.807, 2.05) is 0 Å². The zero-order chi connectivity index (χ0) is 15.9. The van der Waals surface area contributed by atoms with Gasteiger partial charge in [-0.1, -0.05) is 0 Å². The Morgan fingerprint density at radius 1 is 1.33 bits per heavy atom. The molecule has 0 spiro atoms. The van der Waals surface area contributed by atoms with E-state index in [1.54, 1.807) is 7.11 Å². The molecule has 0 aliphatic heterocycles. The van der Waals surface area contributed by atoms with Crippen LogP contribution in [0.5, 0.6) is 0 Å². The van der Waals surface area contributed by atoms with Crippen LogP contribution in [0.25, 0.3) is 0 Å². The molecular weight excluding hydrogens is 298 g/mol. The van der Waals surface area contributed by atoms with E-state index in [2.05, 4.69) is 10.0 Å². The summed E-state index contributed by atoms with van der Waals surface area (Å²) in [4.78, 5) is 10.1. The second-order valence-corrected chi connectivity index (χ2v) is 6.02. The Kier molecular flexibility index (Phi) is 6.53. The zero-order valence-electron chi connectivity index (χ0n) is 12.0. The van der Waals surface area contributed by atoms with Crippen molar-refractivity contribution in [3.63, 3.8) is 0 Å². The third-order valence-electron chi connectivity index (χ3n) is 2.80. The number of rotatable bonds is 9. The smallest absolute Gasteiger partial charge is 0.271 e. The van der Waals surface area contributed by atoms with Gasteiger partial charge in [-0.25, -0.2) is 13.1 Å². The van der Waals surface area contributed by atoms with E-state index in [9.17, 15) is 18.5 Å². The Labute approximate surface area is 123 Å². The van der Waals surface area contributed by atoms with Crippen LogP contribution in [0, 0.1) is 10.1 Å². The molecule has 1 aromatic carbocycles. The maximum absolute atomic E-state index is 12.2. The summed E-state index contributed by atoms with van der Waals surface area (Å²) in [5.41, 5.74) is 0.0204. The molecule has 1 rings (SSSR count). The van der Waals surface area contributed by atoms with Crippen LogP contribution in [0.15, 0.2) is 23.1 Å². The third kappa shape index (κ3) is 4.96. The molecule has 8 nitrogen and oxygen atoms in total. The van der Waals surface area contributed by atoms with Gasteiger partial charge in [0.15, 0.2) is 0 Å². The van der Waals surface area contributed by atoms with Crippen molar-refractivity contribution < 1.29 is 18.1 Å². The first-order valence-corrected chi connectivity index (χ1v) is 7.85. The number of hydrogen-bond acceptors (Lipinski definition) is 6. The second-order valence-electron chi connectivity index (χ2n) is 4.29. The molecule has 2 N–H and O–H groups in total. The van der Waals surface area contributed by atoms with E-state index in [1.165, 1.54) is 25.2 Å². The number of nitro benzene ring substituents is 1. The number of non-ortho nitro benzene ring substituents is 1. The summed E-state index contributed by atoms with van der Waals surface area (Å²) in [6, 6.07) is 3.58. The molecule has 0 bridgehead atoms. The van der Waals surface area contributed by atoms with Gasteiger partial charge in [0, 0.05) is 39.4 Å². The number of sulfonamides is 1. The normalized spacial score (nSPS) is 11.3. The molecule has 118 valence electrons. The molecule has 0 aliphatic carbocycles. The molecule has 0 aliphatic rings. The van der Waals surface area contributed by atoms with Crippen LogP contribution in [0.4, 0.5) is 11.4 Å². The third-order valence-corrected chi connectivity index (χ3v) is 4.32. The minimum atomic E-state index is -3.71. The van der Waals surface area contributed by atoms with Crippen LogP contribution in [0.3, 0.4) is 0 Å². The van der Waals surface area contributed by atoms with Crippen LogP contribution in [0.1, 0.15) is 12.8 Å². The number of unbranched alkanes of at least 4 members (excludes halogenated alkanes) is 1. The number of methoxy groups -OCH3 is 1. The molecular formula is C12H19N3O5S. The topological polar surface area (TPSA) is 111 Å². The molecule has 21 heavy (non-hydrogen) atoms. The van der Waals surface area contributed by atoms with Crippen molar-refractivity contribution in [1.29, 1.82) is 0 Å². The summed E-state index contributed by atoms with van der Waals surface area (Å²) < 4.78 is 31.7. The predicted molar refractivity (Wildman–Crippen MR) is 78.9 cm³/mol. The van der Waals surface area contributed by atoms with Crippen LogP contribution < -0.4 is 10.0 Å². The Hall–Kier alpha value is -1.71. The molecule has 0 unspecified atom stereocenters. The maximum atomic E-state index is 12.2. The van der Waals surface area contributed by atoms with Gasteiger partial charge in [0.1, 0.15) is 4.90 Å². The number of nitrogens with zero attached hydrogens (tertiary/aromatic N) is 1. The summed E-state index contributed by atoms with van der Waals surface area (Å²) in [6.45, 7) is 0.854. The molecule has 0 amide bonds. The quantitative estimate of drug-likeness (QED) is 0.404. The van der Waals surface area contributed by atoms with E-state index in [0.29, 0.717) is 13.0 Å². The summed E-state index contributed by atoms with van der Waals surface area (Å²) >= 11 is 0. The van der Waals surface area contributed by atoms with Crippen molar-refractivity contribution in [3.8, 4) is 0 Å². The average Bonchev–Trinajstić information content (AvgIpc) is 2.46. The first-order chi connectivity index (χ1) is 9.92. The van der Waals surface area contributed by atoms with Crippen molar-refractivity contribution in [3.05, 3.63) is 28.3 Å². The fraction of sp³-hybridized carbons (Fsp3) is 0.500. The molecule has 0 saturated carbocycles. The van der Waals surface area contributed by atoms with Gasteiger partial charge in [0.2, 0.25) is 10.0 Å². The number of hydrogen-bond donors (Lipinski definition) is 2. The fourth-order valence-corrected chi connectivity index (χ4v) is 2.98. The molecule has 1 aromatic rings. The van der Waals surface area contributed by atoms with Gasteiger partial charge in [-0.3, -0.25) is 10.1 Å². The summed E-state index contributed by atoms with van der Waals surface area (Å²) in [5, 5.41) is 13.4. The Morgan fingerprint density at radius 2 is 2.05 bits per heavy atom. The van der Waals surface area contributed by atoms with Crippen molar-refractivity contribution in [2.75, 3.05) is 32.6 Å². The van der Waals surface area contributed by atoms with Gasteiger partial charge >= 0.3 is 0 Å². The van der Waals surface area contributed by atoms with Crippen LogP contribution in [0.2, 0.25) is 0 Å². The number of ether oxygens (including phenoxy) is 1. The highest BCUT2D eigenvalue weighted by Gasteiger charge is 2.20. The second kappa shape index (κ2) is 7.91. The number of benzene rings is 1. The van der Waals surface area contributed by atoms with Gasteiger partial charge in [-0.2, -0.15) is 0 Å². The zero-order valence-corrected chi connectivity index (χ0v) is 12.8. The standard InChI is InChI=1S/C12H19N3O5S/c1-13-11-9-10(15(16)17)5-6-12(11)21(18,19)14-7-3-4-8-20-2/h5-6,9,13-14H,3-4,7-8H2,1-2H3. The van der Waals surface area contributed by atoms with Gasteiger partial charge in [0.05, 0.1) is 10.6 Å². The van der Waals surface area contributed by atoms with Crippen LogP contribution in [-0.2, 0) is 14.8 Å². The lowest BCUT2D eigenvalue weighted by molar-refractivity contribution is -0.384. The average molecular weight is 317 g/mol. The van der Waals surface area contributed by atoms with Crippen molar-refractivity contribution in [1.82, 2.24) is 4.72 Å². The summed E-state index contributed by atoms with van der Waals surface area (Å²) in [6.07, 6.45) is 1.40. The van der Waals surface area contributed by atoms with Crippen molar-refractivity contribution in [2.24, 2.45) is 0 Å². The molecule has 0 saturated heterocycles. The van der Waals surface area contributed by atoms with Gasteiger partial charge < -0.3 is 10.1 Å². The summed E-state index contributed by atoms with van der Waals surface area (Å²) in [5.74, 6) is 0. The Bertz CT molecular complexity index is 589. The molecule has 0 fully saturated rings. The van der Waals surface area contributed by atoms with Gasteiger partial charge in [-0.05, 0) is 18.9 Å². The van der Waals surface area contributed by atoms with Crippen molar-refractivity contribution >= 4 is 21.4 Å². The first-order valence-electron chi connectivity index (χ1n) is 6.37. The maximum Gasteiger partial charge on any atom is 0.271 e. The number of nitrogens with one attached hydrogen (secondary N) is 2. The van der Waals surface area contributed by atoms with Crippen molar-refractivity contribution in [2.45, 2.75) is 17.7 Å². The minimum Gasteiger partial charge on any atom is -0.387 e. The Balaban J connectivity index is 2.85. The molecule has 9 heteroatoms. The van der Waals surface area contributed by atoms with E-state index in [0.717, 1.165) is 6.42 Å². The van der Waals surface area contributed by atoms with E-state index in [-0.39, 0.29) is 22.8 Å². The SMILES string of the molecule is CNc1cc([N+](=O)[O-])ccc1S(=O)(=O)NCCCCOC. The first kappa shape index (κ1) is 17.3. The largest absolute Gasteiger partial charge is 0.387 e. The lowest BCUT2D eigenvalue weighted by Crippen LogP contribution is -2.25. The monoisotopic (exact) mass is 317 g/mol. The molecule has 0 radical (unpaired) electrons. The summed E-state index contributed by atoms with van der Waals surface area (Å²) in [7, 11) is -0.614. The highest BCUT2D eigenvalue weighted by atomic mass is 32.2. The van der Waals surface area contributed by atoms with Crippen LogP contribution in [-0.4, -0.2) is 40.7 Å². The molecule has 0 aromatic heterocycles. The van der Waals surface area contributed by atoms with E-state index in [4.69, 9.17) is 4.74 Å². The van der Waals surface area contributed by atoms with Crippen LogP contribution >= 0.6 is 0 Å². The molecule has 0 atom stereocenters. The predicted octanol–water partition coefficient (Wildman–Crippen LogP) is 1.34. The molecule has 0 heterocycles. The highest BCUT2D eigenvalue weighted by molar-refractivity contribution is 7.89. The van der Waals surface area contributed by atoms with E-state index < -0.39 is 14.9 Å². The van der Waals surface area contributed by atoms with Gasteiger partial charge in [0.25, 0.3) is 5.69 Å². The van der Waals surface area contributed by atoms with E-state index >= 15 is 0 Å². The Morgan fingerprint density at radius 3 is 2.62 bits per heavy atom.